The van der Waals surface area contributed by atoms with Crippen molar-refractivity contribution in [2.45, 2.75) is 32.2 Å². The minimum absolute atomic E-state index is 0.0809. The Bertz CT molecular complexity index is 426. The molecule has 5 nitrogen and oxygen atoms in total. The summed E-state index contributed by atoms with van der Waals surface area (Å²) in [7, 11) is 0. The van der Waals surface area contributed by atoms with Gasteiger partial charge in [-0.05, 0) is 38.3 Å². The highest BCUT2D eigenvalue weighted by atomic mass is 16.4. The van der Waals surface area contributed by atoms with Gasteiger partial charge in [0.05, 0.1) is 18.2 Å². The van der Waals surface area contributed by atoms with Crippen LogP contribution < -0.4 is 5.32 Å². The summed E-state index contributed by atoms with van der Waals surface area (Å²) >= 11 is 0. The molecule has 5 heteroatoms. The second-order valence-electron chi connectivity index (χ2n) is 4.79. The summed E-state index contributed by atoms with van der Waals surface area (Å²) in [6, 6.07) is 3.39. The van der Waals surface area contributed by atoms with Gasteiger partial charge in [-0.25, -0.2) is 0 Å². The molecular formula is C13H17NO4. The third-order valence-electron chi connectivity index (χ3n) is 3.48. The van der Waals surface area contributed by atoms with Crippen molar-refractivity contribution in [3.63, 3.8) is 0 Å². The highest BCUT2D eigenvalue weighted by molar-refractivity contribution is 5.81. The van der Waals surface area contributed by atoms with Gasteiger partial charge in [-0.1, -0.05) is 0 Å². The molecule has 2 rings (SSSR count). The van der Waals surface area contributed by atoms with Crippen LogP contribution in [0.1, 0.15) is 38.0 Å². The van der Waals surface area contributed by atoms with E-state index >= 15 is 0 Å². The molecular weight excluding hydrogens is 234 g/mol. The molecule has 1 aromatic rings. The van der Waals surface area contributed by atoms with Gasteiger partial charge in [0, 0.05) is 5.92 Å². The summed E-state index contributed by atoms with van der Waals surface area (Å²) in [4.78, 5) is 22.8. The summed E-state index contributed by atoms with van der Waals surface area (Å²) in [5, 5.41) is 11.8. The first kappa shape index (κ1) is 12.7. The zero-order chi connectivity index (χ0) is 13.1. The maximum atomic E-state index is 12.0. The fraction of sp³-hybridized carbons (Fsp3) is 0.538. The highest BCUT2D eigenvalue weighted by Crippen LogP contribution is 2.31. The normalized spacial score (nSPS) is 24.7. The van der Waals surface area contributed by atoms with Crippen LogP contribution >= 0.6 is 0 Å². The van der Waals surface area contributed by atoms with E-state index in [4.69, 9.17) is 9.52 Å². The number of carboxylic acid groups (broad SMARTS) is 1. The quantitative estimate of drug-likeness (QED) is 0.857. The molecule has 1 fully saturated rings. The van der Waals surface area contributed by atoms with E-state index in [0.29, 0.717) is 25.0 Å². The number of hydrogen-bond donors (Lipinski definition) is 2. The van der Waals surface area contributed by atoms with Crippen molar-refractivity contribution < 1.29 is 19.1 Å². The number of nitrogens with one attached hydrogen (secondary N) is 1. The van der Waals surface area contributed by atoms with Gasteiger partial charge < -0.3 is 14.8 Å². The molecule has 1 aromatic heterocycles. The molecule has 1 aliphatic rings. The van der Waals surface area contributed by atoms with Crippen LogP contribution in [0.2, 0.25) is 0 Å². The van der Waals surface area contributed by atoms with E-state index in [2.05, 4.69) is 5.32 Å². The predicted octanol–water partition coefficient (Wildman–Crippen LogP) is 1.96. The van der Waals surface area contributed by atoms with Gasteiger partial charge >= 0.3 is 5.97 Å². The first-order valence-corrected chi connectivity index (χ1v) is 6.14. The first-order valence-electron chi connectivity index (χ1n) is 6.14. The molecule has 18 heavy (non-hydrogen) atoms. The van der Waals surface area contributed by atoms with Crippen LogP contribution in [0.15, 0.2) is 22.8 Å². The van der Waals surface area contributed by atoms with E-state index in [9.17, 15) is 9.59 Å². The Hall–Kier alpha value is -1.78. The molecule has 0 bridgehead atoms. The Kier molecular flexibility index (Phi) is 3.69. The van der Waals surface area contributed by atoms with Crippen LogP contribution in [-0.2, 0) is 9.59 Å². The Morgan fingerprint density at radius 2 is 2.17 bits per heavy atom. The lowest BCUT2D eigenvalue weighted by Gasteiger charge is -2.15. The van der Waals surface area contributed by atoms with Crippen molar-refractivity contribution in [2.75, 3.05) is 0 Å². The summed E-state index contributed by atoms with van der Waals surface area (Å²) in [5.74, 6) is -0.744. The molecule has 1 heterocycles. The average Bonchev–Trinajstić information content (AvgIpc) is 3.00. The number of carbonyl (C=O) groups is 2. The monoisotopic (exact) mass is 251 g/mol. The fourth-order valence-electron chi connectivity index (χ4n) is 2.38. The first-order chi connectivity index (χ1) is 8.58. The lowest BCUT2D eigenvalue weighted by molar-refractivity contribution is -0.141. The molecule has 2 N–H and O–H groups in total. The topological polar surface area (TPSA) is 79.5 Å². The number of aliphatic carboxylic acids is 1. The van der Waals surface area contributed by atoms with Crippen molar-refractivity contribution in [2.24, 2.45) is 11.8 Å². The lowest BCUT2D eigenvalue weighted by atomic mass is 10.0. The van der Waals surface area contributed by atoms with Crippen molar-refractivity contribution in [1.29, 1.82) is 0 Å². The molecule has 2 unspecified atom stereocenters. The van der Waals surface area contributed by atoms with Gasteiger partial charge in [0.15, 0.2) is 0 Å². The molecule has 0 aliphatic heterocycles. The van der Waals surface area contributed by atoms with Gasteiger partial charge in [0.25, 0.3) is 0 Å². The number of carbonyl (C=O) groups excluding carboxylic acids is 1. The molecule has 1 saturated carbocycles. The SMILES string of the molecule is C[C@H](NC(=O)C1CCC(C(=O)O)C1)c1ccco1. The Morgan fingerprint density at radius 3 is 2.72 bits per heavy atom. The molecule has 98 valence electrons. The third kappa shape index (κ3) is 2.72. The summed E-state index contributed by atoms with van der Waals surface area (Å²) in [5.41, 5.74) is 0. The summed E-state index contributed by atoms with van der Waals surface area (Å²) < 4.78 is 5.21. The fourth-order valence-corrected chi connectivity index (χ4v) is 2.38. The Morgan fingerprint density at radius 1 is 1.44 bits per heavy atom. The number of amides is 1. The van der Waals surface area contributed by atoms with Gasteiger partial charge in [-0.2, -0.15) is 0 Å². The van der Waals surface area contributed by atoms with E-state index in [0.717, 1.165) is 0 Å². The number of hydrogen-bond acceptors (Lipinski definition) is 3. The minimum atomic E-state index is -0.801. The van der Waals surface area contributed by atoms with Crippen molar-refractivity contribution in [1.82, 2.24) is 5.32 Å². The standard InChI is InChI=1S/C13H17NO4/c1-8(11-3-2-6-18-11)14-12(15)9-4-5-10(7-9)13(16)17/h2-3,6,8-10H,4-5,7H2,1H3,(H,14,15)(H,16,17)/t8-,9?,10?/m0/s1. The molecule has 0 aromatic carbocycles. The second kappa shape index (κ2) is 5.25. The van der Waals surface area contributed by atoms with Crippen molar-refractivity contribution in [3.8, 4) is 0 Å². The van der Waals surface area contributed by atoms with Gasteiger partial charge in [-0.3, -0.25) is 9.59 Å². The molecule has 0 spiro atoms. The number of rotatable bonds is 4. The van der Waals surface area contributed by atoms with Gasteiger partial charge in [0.1, 0.15) is 5.76 Å². The van der Waals surface area contributed by atoms with E-state index in [1.807, 2.05) is 6.92 Å². The minimum Gasteiger partial charge on any atom is -0.481 e. The summed E-state index contributed by atoms with van der Waals surface area (Å²) in [6.07, 6.45) is 3.23. The second-order valence-corrected chi connectivity index (χ2v) is 4.79. The highest BCUT2D eigenvalue weighted by Gasteiger charge is 2.34. The van der Waals surface area contributed by atoms with E-state index < -0.39 is 5.97 Å². The van der Waals surface area contributed by atoms with E-state index in [-0.39, 0.29) is 23.8 Å². The maximum Gasteiger partial charge on any atom is 0.306 e. The van der Waals surface area contributed by atoms with Crippen LogP contribution in [0.5, 0.6) is 0 Å². The molecule has 3 atom stereocenters. The van der Waals surface area contributed by atoms with Gasteiger partial charge in [0.2, 0.25) is 5.91 Å². The van der Waals surface area contributed by atoms with Crippen LogP contribution in [0.25, 0.3) is 0 Å². The average molecular weight is 251 g/mol. The molecule has 0 radical (unpaired) electrons. The molecule has 1 amide bonds. The van der Waals surface area contributed by atoms with E-state index in [1.54, 1.807) is 18.4 Å². The largest absolute Gasteiger partial charge is 0.481 e. The summed E-state index contributed by atoms with van der Waals surface area (Å²) in [6.45, 7) is 1.85. The van der Waals surface area contributed by atoms with Crippen LogP contribution in [0, 0.1) is 11.8 Å². The lowest BCUT2D eigenvalue weighted by Crippen LogP contribution is -2.31. The van der Waals surface area contributed by atoms with Crippen molar-refractivity contribution >= 4 is 11.9 Å². The van der Waals surface area contributed by atoms with Crippen molar-refractivity contribution in [3.05, 3.63) is 24.2 Å². The smallest absolute Gasteiger partial charge is 0.306 e. The predicted molar refractivity (Wildman–Crippen MR) is 63.7 cm³/mol. The molecule has 1 aliphatic carbocycles. The van der Waals surface area contributed by atoms with Gasteiger partial charge in [-0.15, -0.1) is 0 Å². The van der Waals surface area contributed by atoms with Crippen LogP contribution in [0.4, 0.5) is 0 Å². The number of carboxylic acids is 1. The zero-order valence-electron chi connectivity index (χ0n) is 10.3. The Labute approximate surface area is 105 Å². The number of furan rings is 1. The third-order valence-corrected chi connectivity index (χ3v) is 3.48. The zero-order valence-corrected chi connectivity index (χ0v) is 10.3. The van der Waals surface area contributed by atoms with Crippen LogP contribution in [0.3, 0.4) is 0 Å². The molecule has 0 saturated heterocycles. The van der Waals surface area contributed by atoms with Crippen LogP contribution in [-0.4, -0.2) is 17.0 Å². The Balaban J connectivity index is 1.87. The maximum absolute atomic E-state index is 12.0. The van der Waals surface area contributed by atoms with E-state index in [1.165, 1.54) is 0 Å².